The summed E-state index contributed by atoms with van der Waals surface area (Å²) in [5, 5.41) is 13.2. The number of fused-ring (bicyclic) bond motifs is 1. The first-order valence-corrected chi connectivity index (χ1v) is 4.51. The van der Waals surface area contributed by atoms with Gasteiger partial charge in [0, 0.05) is 0 Å². The number of hydrogen-bond donors (Lipinski definition) is 0. The van der Waals surface area contributed by atoms with E-state index in [-0.39, 0.29) is 0 Å². The average Bonchev–Trinajstić information content (AvgIpc) is 2.52. The Kier molecular flexibility index (Phi) is 1.93. The van der Waals surface area contributed by atoms with E-state index in [1.807, 2.05) is 26.0 Å². The Hall–Kier alpha value is -1.89. The van der Waals surface area contributed by atoms with Gasteiger partial charge in [-0.25, -0.2) is 9.50 Å². The van der Waals surface area contributed by atoms with E-state index in [9.17, 15) is 0 Å². The molecule has 0 saturated carbocycles. The monoisotopic (exact) mass is 186 g/mol. The summed E-state index contributed by atoms with van der Waals surface area (Å²) in [7, 11) is 0. The lowest BCUT2D eigenvalue weighted by Gasteiger charge is -1.97. The number of imidazole rings is 1. The van der Waals surface area contributed by atoms with E-state index < -0.39 is 0 Å². The topological polar surface area (TPSA) is 54.0 Å². The van der Waals surface area contributed by atoms with Gasteiger partial charge in [-0.2, -0.15) is 10.4 Å². The first kappa shape index (κ1) is 8.70. The molecule has 0 saturated heterocycles. The molecule has 4 heteroatoms. The molecule has 0 aliphatic heterocycles. The fourth-order valence-corrected chi connectivity index (χ4v) is 1.40. The summed E-state index contributed by atoms with van der Waals surface area (Å²) in [6.45, 7) is 3.85. The predicted molar refractivity (Wildman–Crippen MR) is 51.8 cm³/mol. The largest absolute Gasteiger partial charge is 0.231 e. The molecule has 2 aromatic heterocycles. The minimum Gasteiger partial charge on any atom is -0.231 e. The molecule has 2 heterocycles. The number of nitrogens with zero attached hydrogens (tertiary/aromatic N) is 4. The SMILES string of the molecule is CCc1ccc2nc(C)c(C#N)n2n1. The van der Waals surface area contributed by atoms with Crippen LogP contribution in [-0.4, -0.2) is 14.6 Å². The Bertz CT molecular complexity index is 519. The minimum atomic E-state index is 0.523. The summed E-state index contributed by atoms with van der Waals surface area (Å²) in [4.78, 5) is 4.24. The van der Waals surface area contributed by atoms with Crippen molar-refractivity contribution in [3.8, 4) is 6.07 Å². The molecule has 0 amide bonds. The van der Waals surface area contributed by atoms with Gasteiger partial charge >= 0.3 is 0 Å². The molecule has 0 radical (unpaired) electrons. The van der Waals surface area contributed by atoms with Gasteiger partial charge in [0.05, 0.1) is 11.4 Å². The molecule has 0 atom stereocenters. The Morgan fingerprint density at radius 1 is 1.50 bits per heavy atom. The second-order valence-corrected chi connectivity index (χ2v) is 3.11. The third-order valence-electron chi connectivity index (χ3n) is 2.18. The van der Waals surface area contributed by atoms with E-state index in [1.54, 1.807) is 4.52 Å². The fourth-order valence-electron chi connectivity index (χ4n) is 1.40. The third-order valence-corrected chi connectivity index (χ3v) is 2.18. The van der Waals surface area contributed by atoms with Crippen LogP contribution in [0.15, 0.2) is 12.1 Å². The van der Waals surface area contributed by atoms with Gasteiger partial charge < -0.3 is 0 Å². The standard InChI is InChI=1S/C10H10N4/c1-3-8-4-5-10-12-7(2)9(6-11)14(10)13-8/h4-5H,3H2,1-2H3. The van der Waals surface area contributed by atoms with Gasteiger partial charge in [0.2, 0.25) is 0 Å². The van der Waals surface area contributed by atoms with Crippen LogP contribution < -0.4 is 0 Å². The maximum Gasteiger partial charge on any atom is 0.165 e. The van der Waals surface area contributed by atoms with Crippen molar-refractivity contribution in [1.29, 1.82) is 5.26 Å². The maximum absolute atomic E-state index is 8.92. The van der Waals surface area contributed by atoms with E-state index >= 15 is 0 Å². The highest BCUT2D eigenvalue weighted by Gasteiger charge is 2.08. The van der Waals surface area contributed by atoms with E-state index in [1.165, 1.54) is 0 Å². The zero-order chi connectivity index (χ0) is 10.1. The number of rotatable bonds is 1. The molecule has 0 aromatic carbocycles. The van der Waals surface area contributed by atoms with Crippen molar-refractivity contribution in [2.45, 2.75) is 20.3 Å². The van der Waals surface area contributed by atoms with Gasteiger partial charge in [0.15, 0.2) is 11.3 Å². The second-order valence-electron chi connectivity index (χ2n) is 3.11. The minimum absolute atomic E-state index is 0.523. The molecular formula is C10H10N4. The molecule has 14 heavy (non-hydrogen) atoms. The summed E-state index contributed by atoms with van der Waals surface area (Å²) in [5.74, 6) is 0. The summed E-state index contributed by atoms with van der Waals surface area (Å²) in [6.07, 6.45) is 0.859. The zero-order valence-corrected chi connectivity index (χ0v) is 8.15. The maximum atomic E-state index is 8.92. The molecule has 0 fully saturated rings. The van der Waals surface area contributed by atoms with Crippen molar-refractivity contribution in [2.75, 3.05) is 0 Å². The van der Waals surface area contributed by atoms with Gasteiger partial charge in [-0.15, -0.1) is 0 Å². The highest BCUT2D eigenvalue weighted by molar-refractivity contribution is 5.45. The van der Waals surface area contributed by atoms with Crippen molar-refractivity contribution >= 4 is 5.65 Å². The smallest absolute Gasteiger partial charge is 0.165 e. The molecule has 0 spiro atoms. The number of nitriles is 1. The van der Waals surface area contributed by atoms with Crippen LogP contribution in [0.2, 0.25) is 0 Å². The summed E-state index contributed by atoms with van der Waals surface area (Å²) >= 11 is 0. The quantitative estimate of drug-likeness (QED) is 0.677. The first-order valence-electron chi connectivity index (χ1n) is 4.51. The van der Waals surface area contributed by atoms with Crippen LogP contribution in [0.25, 0.3) is 5.65 Å². The molecule has 0 N–H and O–H groups in total. The van der Waals surface area contributed by atoms with Crippen LogP contribution in [-0.2, 0) is 6.42 Å². The molecule has 70 valence electrons. The van der Waals surface area contributed by atoms with Gasteiger partial charge in [-0.1, -0.05) is 6.92 Å². The summed E-state index contributed by atoms with van der Waals surface area (Å²) < 4.78 is 1.61. The normalized spacial score (nSPS) is 10.4. The highest BCUT2D eigenvalue weighted by atomic mass is 15.3. The zero-order valence-electron chi connectivity index (χ0n) is 8.15. The van der Waals surface area contributed by atoms with Crippen molar-refractivity contribution < 1.29 is 0 Å². The van der Waals surface area contributed by atoms with Gasteiger partial charge in [0.25, 0.3) is 0 Å². The summed E-state index contributed by atoms with van der Waals surface area (Å²) in [5.41, 5.74) is 2.95. The molecule has 0 aliphatic rings. The predicted octanol–water partition coefficient (Wildman–Crippen LogP) is 1.47. The average molecular weight is 186 g/mol. The fraction of sp³-hybridized carbons (Fsp3) is 0.300. The number of aromatic nitrogens is 3. The van der Waals surface area contributed by atoms with E-state index in [0.29, 0.717) is 5.69 Å². The lowest BCUT2D eigenvalue weighted by atomic mass is 10.3. The van der Waals surface area contributed by atoms with Crippen molar-refractivity contribution in [3.63, 3.8) is 0 Å². The lowest BCUT2D eigenvalue weighted by molar-refractivity contribution is 0.851. The van der Waals surface area contributed by atoms with E-state index in [4.69, 9.17) is 5.26 Å². The molecule has 2 aromatic rings. The molecular weight excluding hydrogens is 176 g/mol. The number of hydrogen-bond acceptors (Lipinski definition) is 3. The third kappa shape index (κ3) is 1.14. The highest BCUT2D eigenvalue weighted by Crippen LogP contribution is 2.09. The van der Waals surface area contributed by atoms with Crippen molar-refractivity contribution in [2.24, 2.45) is 0 Å². The van der Waals surface area contributed by atoms with Crippen molar-refractivity contribution in [1.82, 2.24) is 14.6 Å². The van der Waals surface area contributed by atoms with Crippen LogP contribution in [0.3, 0.4) is 0 Å². The van der Waals surface area contributed by atoms with Gasteiger partial charge in [-0.3, -0.25) is 0 Å². The Morgan fingerprint density at radius 2 is 2.29 bits per heavy atom. The number of aryl methyl sites for hydroxylation is 2. The Labute approximate surface area is 81.8 Å². The van der Waals surface area contributed by atoms with Gasteiger partial charge in [0.1, 0.15) is 6.07 Å². The lowest BCUT2D eigenvalue weighted by Crippen LogP contribution is -1.98. The van der Waals surface area contributed by atoms with Crippen LogP contribution in [0.4, 0.5) is 0 Å². The molecule has 0 unspecified atom stereocenters. The van der Waals surface area contributed by atoms with Crippen molar-refractivity contribution in [3.05, 3.63) is 29.2 Å². The Balaban J connectivity index is 2.79. The van der Waals surface area contributed by atoms with E-state index in [2.05, 4.69) is 16.2 Å². The molecule has 2 rings (SSSR count). The first-order chi connectivity index (χ1) is 6.76. The second kappa shape index (κ2) is 3.11. The summed E-state index contributed by atoms with van der Waals surface area (Å²) in [6, 6.07) is 5.93. The van der Waals surface area contributed by atoms with Crippen LogP contribution in [0.5, 0.6) is 0 Å². The molecule has 0 aliphatic carbocycles. The molecule has 0 bridgehead atoms. The van der Waals surface area contributed by atoms with Gasteiger partial charge in [-0.05, 0) is 25.5 Å². The van der Waals surface area contributed by atoms with Crippen LogP contribution in [0.1, 0.15) is 24.0 Å². The molecule has 4 nitrogen and oxygen atoms in total. The Morgan fingerprint density at radius 3 is 2.93 bits per heavy atom. The van der Waals surface area contributed by atoms with Crippen LogP contribution in [0, 0.1) is 18.3 Å². The van der Waals surface area contributed by atoms with E-state index in [0.717, 1.165) is 23.5 Å². The van der Waals surface area contributed by atoms with Crippen LogP contribution >= 0.6 is 0 Å².